The topological polar surface area (TPSA) is 102 Å². The van der Waals surface area contributed by atoms with Gasteiger partial charge in [-0.25, -0.2) is 0 Å². The van der Waals surface area contributed by atoms with Crippen LogP contribution in [0.15, 0.2) is 78.9 Å². The summed E-state index contributed by atoms with van der Waals surface area (Å²) in [5.74, 6) is 0.0287. The molecule has 0 aromatic heterocycles. The first-order valence-corrected chi connectivity index (χ1v) is 18.8. The number of nitrogens with one attached hydrogen (secondary N) is 1. The van der Waals surface area contributed by atoms with Gasteiger partial charge in [0.2, 0.25) is 11.8 Å². The van der Waals surface area contributed by atoms with E-state index in [0.717, 1.165) is 80.7 Å². The number of benzene rings is 3. The molecular weight excluding hydrogens is 654 g/mol. The van der Waals surface area contributed by atoms with E-state index >= 15 is 0 Å². The van der Waals surface area contributed by atoms with Gasteiger partial charge in [0, 0.05) is 91.0 Å². The smallest absolute Gasteiger partial charge is 0.310 e. The minimum absolute atomic E-state index is 0.0406. The number of hydrogen-bond acceptors (Lipinski definition) is 7. The van der Waals surface area contributed by atoms with E-state index in [2.05, 4.69) is 22.3 Å². The molecule has 1 fully saturated rings. The zero-order valence-electron chi connectivity index (χ0n) is 31.5. The summed E-state index contributed by atoms with van der Waals surface area (Å²) >= 11 is 0. The Morgan fingerprint density at radius 3 is 2.12 bits per heavy atom. The highest BCUT2D eigenvalue weighted by atomic mass is 16.5. The van der Waals surface area contributed by atoms with E-state index in [1.54, 1.807) is 23.9 Å². The zero-order chi connectivity index (χ0) is 37.3. The highest BCUT2D eigenvalue weighted by molar-refractivity contribution is 5.94. The predicted molar refractivity (Wildman–Crippen MR) is 207 cm³/mol. The van der Waals surface area contributed by atoms with E-state index in [0.29, 0.717) is 38.0 Å². The fourth-order valence-electron chi connectivity index (χ4n) is 6.44. The maximum atomic E-state index is 12.8. The summed E-state index contributed by atoms with van der Waals surface area (Å²) in [4.78, 5) is 57.7. The monoisotopic (exact) mass is 711 g/mol. The second-order valence-corrected chi connectivity index (χ2v) is 13.8. The fourth-order valence-corrected chi connectivity index (χ4v) is 6.44. The maximum Gasteiger partial charge on any atom is 0.310 e. The number of anilines is 1. The Bertz CT molecular complexity index is 1570. The molecule has 1 saturated heterocycles. The van der Waals surface area contributed by atoms with Gasteiger partial charge in [-0.2, -0.15) is 0 Å². The van der Waals surface area contributed by atoms with Crippen LogP contribution in [0.1, 0.15) is 67.8 Å². The average Bonchev–Trinajstić information content (AvgIpc) is 3.17. The number of piperidine rings is 1. The van der Waals surface area contributed by atoms with E-state index in [1.807, 2.05) is 85.6 Å². The van der Waals surface area contributed by atoms with Gasteiger partial charge in [0.25, 0.3) is 5.91 Å². The molecular formula is C42H57N5O5. The van der Waals surface area contributed by atoms with Gasteiger partial charge in [-0.15, -0.1) is 0 Å². The van der Waals surface area contributed by atoms with Crippen LogP contribution in [-0.2, 0) is 25.5 Å². The molecule has 4 rings (SSSR count). The van der Waals surface area contributed by atoms with Crippen molar-refractivity contribution >= 4 is 29.4 Å². The van der Waals surface area contributed by atoms with E-state index in [4.69, 9.17) is 4.74 Å². The number of rotatable bonds is 19. The summed E-state index contributed by atoms with van der Waals surface area (Å²) in [7, 11) is 5.45. The highest BCUT2D eigenvalue weighted by Crippen LogP contribution is 2.25. The first kappa shape index (κ1) is 40.1. The molecule has 10 heteroatoms. The van der Waals surface area contributed by atoms with Crippen molar-refractivity contribution in [3.8, 4) is 11.1 Å². The van der Waals surface area contributed by atoms with Crippen molar-refractivity contribution in [1.82, 2.24) is 19.6 Å². The van der Waals surface area contributed by atoms with Crippen LogP contribution in [-0.4, -0.2) is 116 Å². The van der Waals surface area contributed by atoms with Crippen molar-refractivity contribution in [1.29, 1.82) is 0 Å². The van der Waals surface area contributed by atoms with Gasteiger partial charge < -0.3 is 29.7 Å². The van der Waals surface area contributed by atoms with Gasteiger partial charge in [-0.05, 0) is 73.1 Å². The highest BCUT2D eigenvalue weighted by Gasteiger charge is 2.23. The predicted octanol–water partition coefficient (Wildman–Crippen LogP) is 5.98. The third-order valence-electron chi connectivity index (χ3n) is 9.79. The standard InChI is InChI=1S/C42H57N5O5/c1-5-39(48)44(2)26-13-27-46(4)42(51)34-19-21-36(22-20-34)43-25-12-11-18-40(49)45(3)30-31-47-28-23-37(24-29-47)52-41(50)32-35-16-9-10-17-38(35)33-14-7-6-8-15-33/h6-10,14-17,19-22,37,43H,5,11-13,18,23-32H2,1-4H3. The molecule has 280 valence electrons. The number of carbonyl (C=O) groups is 4. The Labute approximate surface area is 310 Å². The average molecular weight is 712 g/mol. The minimum atomic E-state index is -0.186. The van der Waals surface area contributed by atoms with Crippen LogP contribution in [0, 0.1) is 0 Å². The van der Waals surface area contributed by atoms with Crippen LogP contribution in [0.2, 0.25) is 0 Å². The number of likely N-dealkylation sites (tertiary alicyclic amines) is 1. The lowest BCUT2D eigenvalue weighted by molar-refractivity contribution is -0.150. The zero-order valence-corrected chi connectivity index (χ0v) is 31.5. The molecule has 0 unspecified atom stereocenters. The van der Waals surface area contributed by atoms with Crippen molar-refractivity contribution in [3.63, 3.8) is 0 Å². The summed E-state index contributed by atoms with van der Waals surface area (Å²) in [5, 5.41) is 3.39. The summed E-state index contributed by atoms with van der Waals surface area (Å²) in [6, 6.07) is 25.6. The molecule has 3 aromatic rings. The largest absolute Gasteiger partial charge is 0.462 e. The first-order chi connectivity index (χ1) is 25.1. The molecule has 1 heterocycles. The maximum absolute atomic E-state index is 12.8. The Hall–Kier alpha value is -4.70. The van der Waals surface area contributed by atoms with Crippen molar-refractivity contribution in [2.45, 2.75) is 64.4 Å². The summed E-state index contributed by atoms with van der Waals surface area (Å²) in [6.07, 6.45) is 5.16. The van der Waals surface area contributed by atoms with Gasteiger partial charge in [-0.1, -0.05) is 61.5 Å². The van der Waals surface area contributed by atoms with Gasteiger partial charge in [-0.3, -0.25) is 19.2 Å². The van der Waals surface area contributed by atoms with Crippen LogP contribution < -0.4 is 5.32 Å². The molecule has 0 saturated carbocycles. The number of likely N-dealkylation sites (N-methyl/N-ethyl adjacent to an activating group) is 1. The second-order valence-electron chi connectivity index (χ2n) is 13.8. The molecule has 0 aliphatic carbocycles. The first-order valence-electron chi connectivity index (χ1n) is 18.8. The van der Waals surface area contributed by atoms with Crippen LogP contribution in [0.3, 0.4) is 0 Å². The van der Waals surface area contributed by atoms with Gasteiger partial charge in [0.15, 0.2) is 0 Å². The minimum Gasteiger partial charge on any atom is -0.462 e. The van der Waals surface area contributed by atoms with Crippen LogP contribution in [0.4, 0.5) is 5.69 Å². The Morgan fingerprint density at radius 1 is 0.750 bits per heavy atom. The number of hydrogen-bond donors (Lipinski definition) is 1. The molecule has 1 aliphatic rings. The molecule has 0 spiro atoms. The lowest BCUT2D eigenvalue weighted by Gasteiger charge is -2.32. The third-order valence-corrected chi connectivity index (χ3v) is 9.79. The number of unbranched alkanes of at least 4 members (excludes halogenated alkanes) is 1. The number of ether oxygens (including phenoxy) is 1. The summed E-state index contributed by atoms with van der Waals surface area (Å²) in [5.41, 5.74) is 4.70. The SMILES string of the molecule is CCC(=O)N(C)CCCN(C)C(=O)c1ccc(NCCCCC(=O)N(C)CCN2CCC(OC(=O)Cc3ccccc3-c3ccccc3)CC2)cc1. The normalized spacial score (nSPS) is 13.3. The quantitative estimate of drug-likeness (QED) is 0.121. The van der Waals surface area contributed by atoms with Crippen LogP contribution in [0.5, 0.6) is 0 Å². The molecule has 1 aliphatic heterocycles. The van der Waals surface area contributed by atoms with E-state index < -0.39 is 0 Å². The Morgan fingerprint density at radius 2 is 1.40 bits per heavy atom. The lowest BCUT2D eigenvalue weighted by atomic mass is 9.98. The lowest BCUT2D eigenvalue weighted by Crippen LogP contribution is -2.42. The number of esters is 1. The van der Waals surface area contributed by atoms with Crippen LogP contribution in [0.25, 0.3) is 11.1 Å². The van der Waals surface area contributed by atoms with E-state index in [-0.39, 0.29) is 36.2 Å². The molecule has 1 N–H and O–H groups in total. The summed E-state index contributed by atoms with van der Waals surface area (Å²) in [6.45, 7) is 6.97. The van der Waals surface area contributed by atoms with E-state index in [1.165, 1.54) is 0 Å². The third kappa shape index (κ3) is 12.8. The van der Waals surface area contributed by atoms with Crippen molar-refractivity contribution < 1.29 is 23.9 Å². The summed E-state index contributed by atoms with van der Waals surface area (Å²) < 4.78 is 5.88. The van der Waals surface area contributed by atoms with Crippen molar-refractivity contribution in [3.05, 3.63) is 90.0 Å². The fraction of sp³-hybridized carbons (Fsp3) is 0.476. The molecule has 0 radical (unpaired) electrons. The van der Waals surface area contributed by atoms with Gasteiger partial charge >= 0.3 is 5.97 Å². The number of amides is 3. The number of carbonyl (C=O) groups excluding carboxylic acids is 4. The second kappa shape index (κ2) is 21.0. The molecule has 3 aromatic carbocycles. The molecule has 52 heavy (non-hydrogen) atoms. The van der Waals surface area contributed by atoms with Gasteiger partial charge in [0.05, 0.1) is 6.42 Å². The number of nitrogens with zero attached hydrogens (tertiary/aromatic N) is 4. The van der Waals surface area contributed by atoms with Crippen molar-refractivity contribution in [2.75, 3.05) is 72.3 Å². The molecule has 0 atom stereocenters. The Balaban J connectivity index is 1.05. The molecule has 3 amide bonds. The van der Waals surface area contributed by atoms with E-state index in [9.17, 15) is 19.2 Å². The molecule has 0 bridgehead atoms. The molecule has 10 nitrogen and oxygen atoms in total. The van der Waals surface area contributed by atoms with Gasteiger partial charge in [0.1, 0.15) is 6.10 Å². The van der Waals surface area contributed by atoms with Crippen LogP contribution >= 0.6 is 0 Å². The van der Waals surface area contributed by atoms with Crippen molar-refractivity contribution in [2.24, 2.45) is 0 Å². The Kier molecular flexibility index (Phi) is 16.2.